The van der Waals surface area contributed by atoms with Crippen molar-refractivity contribution in [3.63, 3.8) is 0 Å². The molecule has 3 aromatic rings. The number of hydrogen-bond donors (Lipinski definition) is 1. The summed E-state index contributed by atoms with van der Waals surface area (Å²) >= 11 is 0. The van der Waals surface area contributed by atoms with Crippen LogP contribution in [0.3, 0.4) is 0 Å². The van der Waals surface area contributed by atoms with Gasteiger partial charge in [0.05, 0.1) is 0 Å². The number of anilines is 1. The number of nitrogens with zero attached hydrogens (tertiary/aromatic N) is 1. The summed E-state index contributed by atoms with van der Waals surface area (Å²) in [6.07, 6.45) is 1.57. The van der Waals surface area contributed by atoms with Crippen LogP contribution in [-0.2, 0) is 11.4 Å². The minimum absolute atomic E-state index is 0.0158. The van der Waals surface area contributed by atoms with Crippen LogP contribution >= 0.6 is 0 Å². The first-order valence-electron chi connectivity index (χ1n) is 9.84. The topological polar surface area (TPSA) is 62.1 Å². The first-order valence-corrected chi connectivity index (χ1v) is 9.84. The highest BCUT2D eigenvalue weighted by Gasteiger charge is 2.12. The molecule has 0 radical (unpaired) electrons. The van der Waals surface area contributed by atoms with Crippen LogP contribution in [-0.4, -0.2) is 5.91 Å². The van der Waals surface area contributed by atoms with Crippen molar-refractivity contribution >= 4 is 17.7 Å². The molecule has 31 heavy (non-hydrogen) atoms. The molecule has 0 heterocycles. The standard InChI is InChI=1S/C26H23FN2O2/c1-17-6-4-5-7-24(17)29-26(30)22(15-28)14-21-12-18(2)25(19(3)13-21)31-16-20-8-10-23(27)11-9-20/h4-14H,16H2,1-3H3,(H,29,30)/b22-14+. The second-order valence-corrected chi connectivity index (χ2v) is 7.34. The second kappa shape index (κ2) is 9.73. The lowest BCUT2D eigenvalue weighted by Crippen LogP contribution is -2.14. The summed E-state index contributed by atoms with van der Waals surface area (Å²) in [5.74, 6) is -0.0138. The normalized spacial score (nSPS) is 11.0. The highest BCUT2D eigenvalue weighted by atomic mass is 19.1. The predicted molar refractivity (Wildman–Crippen MR) is 120 cm³/mol. The molecule has 3 aromatic carbocycles. The molecule has 0 saturated carbocycles. The Kier molecular flexibility index (Phi) is 6.84. The highest BCUT2D eigenvalue weighted by Crippen LogP contribution is 2.27. The number of benzene rings is 3. The number of hydrogen-bond acceptors (Lipinski definition) is 3. The molecule has 0 aromatic heterocycles. The number of rotatable bonds is 6. The summed E-state index contributed by atoms with van der Waals surface area (Å²) in [4.78, 5) is 12.6. The molecule has 0 bridgehead atoms. The average molecular weight is 414 g/mol. The monoisotopic (exact) mass is 414 g/mol. The first-order chi connectivity index (χ1) is 14.9. The molecule has 1 N–H and O–H groups in total. The van der Waals surface area contributed by atoms with Gasteiger partial charge in [-0.05, 0) is 85.0 Å². The number of nitriles is 1. The Hall–Kier alpha value is -3.91. The van der Waals surface area contributed by atoms with Crippen molar-refractivity contribution in [1.29, 1.82) is 5.26 Å². The molecule has 3 rings (SSSR count). The van der Waals surface area contributed by atoms with Crippen molar-refractivity contribution in [2.45, 2.75) is 27.4 Å². The number of amides is 1. The van der Waals surface area contributed by atoms with Gasteiger partial charge in [0.25, 0.3) is 5.91 Å². The maximum atomic E-state index is 13.1. The van der Waals surface area contributed by atoms with E-state index in [9.17, 15) is 14.4 Å². The van der Waals surface area contributed by atoms with Crippen molar-refractivity contribution in [1.82, 2.24) is 0 Å². The van der Waals surface area contributed by atoms with E-state index in [0.717, 1.165) is 33.6 Å². The van der Waals surface area contributed by atoms with Gasteiger partial charge in [0.2, 0.25) is 0 Å². The SMILES string of the molecule is Cc1ccccc1NC(=O)/C(C#N)=C/c1cc(C)c(OCc2ccc(F)cc2)c(C)c1. The third kappa shape index (κ3) is 5.58. The number of carbonyl (C=O) groups is 1. The van der Waals surface area contributed by atoms with E-state index in [-0.39, 0.29) is 11.4 Å². The van der Waals surface area contributed by atoms with E-state index in [1.165, 1.54) is 12.1 Å². The Morgan fingerprint density at radius 1 is 1.03 bits per heavy atom. The lowest BCUT2D eigenvalue weighted by atomic mass is 10.0. The number of para-hydroxylation sites is 1. The Labute approximate surface area is 181 Å². The molecule has 1 amide bonds. The highest BCUT2D eigenvalue weighted by molar-refractivity contribution is 6.10. The van der Waals surface area contributed by atoms with Gasteiger partial charge in [-0.15, -0.1) is 0 Å². The molecule has 0 fully saturated rings. The number of ether oxygens (including phenoxy) is 1. The van der Waals surface area contributed by atoms with E-state index < -0.39 is 5.91 Å². The lowest BCUT2D eigenvalue weighted by Gasteiger charge is -2.13. The molecule has 0 unspecified atom stereocenters. The van der Waals surface area contributed by atoms with Crippen LogP contribution < -0.4 is 10.1 Å². The third-order valence-electron chi connectivity index (χ3n) is 4.85. The fourth-order valence-electron chi connectivity index (χ4n) is 3.25. The molecule has 0 atom stereocenters. The van der Waals surface area contributed by atoms with Crippen molar-refractivity contribution in [3.05, 3.63) is 99.9 Å². The van der Waals surface area contributed by atoms with Gasteiger partial charge in [-0.3, -0.25) is 4.79 Å². The summed E-state index contributed by atoms with van der Waals surface area (Å²) in [6.45, 7) is 6.02. The summed E-state index contributed by atoms with van der Waals surface area (Å²) in [6, 6.07) is 19.3. The number of nitrogens with one attached hydrogen (secondary N) is 1. The zero-order valence-electron chi connectivity index (χ0n) is 17.7. The molecule has 4 nitrogen and oxygen atoms in total. The van der Waals surface area contributed by atoms with Gasteiger partial charge in [-0.2, -0.15) is 5.26 Å². The van der Waals surface area contributed by atoms with Gasteiger partial charge in [-0.25, -0.2) is 4.39 Å². The fraction of sp³-hybridized carbons (Fsp3) is 0.154. The van der Waals surface area contributed by atoms with Crippen molar-refractivity contribution in [2.24, 2.45) is 0 Å². The van der Waals surface area contributed by atoms with Crippen LogP contribution in [0.1, 0.15) is 27.8 Å². The van der Waals surface area contributed by atoms with E-state index in [1.807, 2.05) is 57.2 Å². The van der Waals surface area contributed by atoms with Crippen molar-refractivity contribution < 1.29 is 13.9 Å². The Balaban J connectivity index is 1.78. The van der Waals surface area contributed by atoms with Gasteiger partial charge < -0.3 is 10.1 Å². The Morgan fingerprint density at radius 2 is 1.68 bits per heavy atom. The number of aryl methyl sites for hydroxylation is 3. The van der Waals surface area contributed by atoms with Gasteiger partial charge in [0.15, 0.2) is 0 Å². The van der Waals surface area contributed by atoms with Gasteiger partial charge in [0.1, 0.15) is 29.8 Å². The van der Waals surface area contributed by atoms with Gasteiger partial charge in [-0.1, -0.05) is 30.3 Å². The van der Waals surface area contributed by atoms with E-state index in [1.54, 1.807) is 24.3 Å². The Morgan fingerprint density at radius 3 is 2.29 bits per heavy atom. The minimum Gasteiger partial charge on any atom is -0.488 e. The molecule has 0 spiro atoms. The molecular formula is C26H23FN2O2. The lowest BCUT2D eigenvalue weighted by molar-refractivity contribution is -0.112. The van der Waals surface area contributed by atoms with E-state index >= 15 is 0 Å². The average Bonchev–Trinajstić information content (AvgIpc) is 2.74. The van der Waals surface area contributed by atoms with E-state index in [0.29, 0.717) is 12.3 Å². The minimum atomic E-state index is -0.455. The van der Waals surface area contributed by atoms with Gasteiger partial charge in [0, 0.05) is 5.69 Å². The zero-order valence-corrected chi connectivity index (χ0v) is 17.7. The number of halogens is 1. The maximum absolute atomic E-state index is 13.1. The van der Waals surface area contributed by atoms with Crippen LogP contribution in [0.5, 0.6) is 5.75 Å². The van der Waals surface area contributed by atoms with Crippen LogP contribution in [0.2, 0.25) is 0 Å². The molecular weight excluding hydrogens is 391 g/mol. The molecule has 156 valence electrons. The second-order valence-electron chi connectivity index (χ2n) is 7.34. The van der Waals surface area contributed by atoms with Crippen molar-refractivity contribution in [2.75, 3.05) is 5.32 Å². The maximum Gasteiger partial charge on any atom is 0.266 e. The zero-order chi connectivity index (χ0) is 22.4. The van der Waals surface area contributed by atoms with Crippen LogP contribution in [0.4, 0.5) is 10.1 Å². The third-order valence-corrected chi connectivity index (χ3v) is 4.85. The predicted octanol–water partition coefficient (Wildman–Crippen LogP) is 5.88. The Bertz CT molecular complexity index is 1150. The quantitative estimate of drug-likeness (QED) is 0.405. The molecule has 5 heteroatoms. The van der Waals surface area contributed by atoms with Crippen LogP contribution in [0.15, 0.2) is 66.2 Å². The van der Waals surface area contributed by atoms with Crippen LogP contribution in [0.25, 0.3) is 6.08 Å². The van der Waals surface area contributed by atoms with E-state index in [4.69, 9.17) is 4.74 Å². The largest absolute Gasteiger partial charge is 0.488 e. The van der Waals surface area contributed by atoms with Gasteiger partial charge >= 0.3 is 0 Å². The van der Waals surface area contributed by atoms with Crippen molar-refractivity contribution in [3.8, 4) is 11.8 Å². The fourth-order valence-corrected chi connectivity index (χ4v) is 3.25. The summed E-state index contributed by atoms with van der Waals surface area (Å²) in [5.41, 5.74) is 4.97. The summed E-state index contributed by atoms with van der Waals surface area (Å²) < 4.78 is 19.0. The summed E-state index contributed by atoms with van der Waals surface area (Å²) in [7, 11) is 0. The number of carbonyl (C=O) groups excluding carboxylic acids is 1. The van der Waals surface area contributed by atoms with Crippen LogP contribution in [0, 0.1) is 37.9 Å². The first kappa shape index (κ1) is 21.8. The molecule has 0 saturated heterocycles. The smallest absolute Gasteiger partial charge is 0.266 e. The summed E-state index contributed by atoms with van der Waals surface area (Å²) in [5, 5.41) is 12.3. The molecule has 0 aliphatic carbocycles. The molecule has 0 aliphatic rings. The van der Waals surface area contributed by atoms with E-state index in [2.05, 4.69) is 5.32 Å². The molecule has 0 aliphatic heterocycles.